The van der Waals surface area contributed by atoms with Crippen LogP contribution in [-0.2, 0) is 23.9 Å². The molecule has 1 aromatic rings. The molecule has 1 aliphatic heterocycles. The number of hydrogen-bond acceptors (Lipinski definition) is 9. The number of ether oxygens (including phenoxy) is 1. The van der Waals surface area contributed by atoms with Gasteiger partial charge in [-0.1, -0.05) is 53.9 Å². The Kier molecular flexibility index (Phi) is 15.2. The summed E-state index contributed by atoms with van der Waals surface area (Å²) in [6.07, 6.45) is 4.10. The van der Waals surface area contributed by atoms with Gasteiger partial charge < -0.3 is 25.4 Å². The maximum atomic E-state index is 14.5. The van der Waals surface area contributed by atoms with E-state index in [4.69, 9.17) is 4.74 Å². The minimum Gasteiger partial charge on any atom is -0.476 e. The largest absolute Gasteiger partial charge is 0.476 e. The summed E-state index contributed by atoms with van der Waals surface area (Å²) in [5.74, 6) is -3.13. The van der Waals surface area contributed by atoms with Gasteiger partial charge >= 0.3 is 11.9 Å². The summed E-state index contributed by atoms with van der Waals surface area (Å²) in [5, 5.41) is 17.0. The molecule has 44 heavy (non-hydrogen) atoms. The zero-order valence-electron chi connectivity index (χ0n) is 27.3. The fourth-order valence-corrected chi connectivity index (χ4v) is 6.24. The van der Waals surface area contributed by atoms with Crippen LogP contribution < -0.4 is 10.6 Å². The third-order valence-corrected chi connectivity index (χ3v) is 9.19. The number of nitrogens with one attached hydrogen (secondary N) is 2. The molecular formula is C31H51N5O7S. The lowest BCUT2D eigenvalue weighted by Gasteiger charge is -2.39. The number of unbranched alkanes of at least 4 members (excludes halogenated alkanes) is 1. The number of hydrogen-bond donors (Lipinski definition) is 3. The Bertz CT molecular complexity index is 1130. The van der Waals surface area contributed by atoms with E-state index in [1.54, 1.807) is 0 Å². The minimum absolute atomic E-state index is 0.0876. The van der Waals surface area contributed by atoms with Crippen molar-refractivity contribution in [2.75, 3.05) is 26.7 Å². The standard InChI is InChI=1S/C31H51N5O7S/c1-8-10-14-32-26(38)17-36(30(40)27(20(5)9-2)34-28(39)23-13-11-12-15-35(23)7)24(19(3)4)16-25(43-21(6)37)29-33-22(18-44-29)31(41)42/h18-20,23-25,27H,8-17H2,1-7H3,(H,32,38)(H,34,39)(H,41,42)/t20-,23+,24+,25+,27-/m0/s1. The molecule has 1 aliphatic rings. The van der Waals surface area contributed by atoms with Gasteiger partial charge in [0.1, 0.15) is 11.0 Å². The van der Waals surface area contributed by atoms with E-state index in [1.165, 1.54) is 17.2 Å². The van der Waals surface area contributed by atoms with Gasteiger partial charge in [-0.05, 0) is 44.7 Å². The van der Waals surface area contributed by atoms with Gasteiger partial charge in [0, 0.05) is 31.3 Å². The van der Waals surface area contributed by atoms with Gasteiger partial charge in [0.25, 0.3) is 0 Å². The number of aromatic nitrogens is 1. The number of carbonyl (C=O) groups is 5. The van der Waals surface area contributed by atoms with Crippen LogP contribution in [0.5, 0.6) is 0 Å². The van der Waals surface area contributed by atoms with Crippen LogP contribution in [0, 0.1) is 11.8 Å². The fourth-order valence-electron chi connectivity index (χ4n) is 5.40. The van der Waals surface area contributed by atoms with Gasteiger partial charge in [0.15, 0.2) is 11.8 Å². The zero-order chi connectivity index (χ0) is 33.0. The van der Waals surface area contributed by atoms with E-state index >= 15 is 0 Å². The number of amides is 3. The fraction of sp³-hybridized carbons (Fsp3) is 0.742. The van der Waals surface area contributed by atoms with Gasteiger partial charge in [-0.25, -0.2) is 9.78 Å². The molecule has 12 nitrogen and oxygen atoms in total. The first-order chi connectivity index (χ1) is 20.8. The van der Waals surface area contributed by atoms with Crippen molar-refractivity contribution in [2.24, 2.45) is 11.8 Å². The summed E-state index contributed by atoms with van der Waals surface area (Å²) in [5.41, 5.74) is -0.168. The van der Waals surface area contributed by atoms with E-state index < -0.39 is 30.1 Å². The lowest BCUT2D eigenvalue weighted by molar-refractivity contribution is -0.151. The summed E-state index contributed by atoms with van der Waals surface area (Å²) >= 11 is 1.05. The predicted octanol–water partition coefficient (Wildman–Crippen LogP) is 3.62. The number of thiazole rings is 1. The number of aromatic carboxylic acids is 1. The van der Waals surface area contributed by atoms with Crippen molar-refractivity contribution in [3.05, 3.63) is 16.1 Å². The summed E-state index contributed by atoms with van der Waals surface area (Å²) < 4.78 is 5.61. The monoisotopic (exact) mass is 637 g/mol. The normalized spacial score (nSPS) is 18.1. The van der Waals surface area contributed by atoms with Gasteiger partial charge in [-0.15, -0.1) is 11.3 Å². The third-order valence-electron chi connectivity index (χ3n) is 8.25. The highest BCUT2D eigenvalue weighted by Crippen LogP contribution is 2.31. The molecular weight excluding hydrogens is 586 g/mol. The zero-order valence-corrected chi connectivity index (χ0v) is 28.1. The second-order valence-electron chi connectivity index (χ2n) is 12.1. The summed E-state index contributed by atoms with van der Waals surface area (Å²) in [6.45, 7) is 12.0. The number of rotatable bonds is 17. The molecule has 0 spiro atoms. The van der Waals surface area contributed by atoms with Crippen molar-refractivity contribution in [2.45, 2.75) is 111 Å². The van der Waals surface area contributed by atoms with Gasteiger partial charge in [-0.2, -0.15) is 0 Å². The van der Waals surface area contributed by atoms with Crippen molar-refractivity contribution in [1.29, 1.82) is 0 Å². The third kappa shape index (κ3) is 10.8. The average Bonchev–Trinajstić information content (AvgIpc) is 3.47. The Morgan fingerprint density at radius 1 is 1.18 bits per heavy atom. The molecule has 0 unspecified atom stereocenters. The Morgan fingerprint density at radius 3 is 2.43 bits per heavy atom. The first-order valence-corrected chi connectivity index (χ1v) is 16.6. The molecule has 0 aromatic carbocycles. The van der Waals surface area contributed by atoms with Crippen LogP contribution in [0.2, 0.25) is 0 Å². The van der Waals surface area contributed by atoms with E-state index in [1.807, 2.05) is 46.6 Å². The molecule has 2 heterocycles. The molecule has 0 saturated carbocycles. The number of carbonyl (C=O) groups excluding carboxylic acids is 4. The number of piperidine rings is 1. The SMILES string of the molecule is CCCCNC(=O)CN(C(=O)[C@@H](NC(=O)[C@H]1CCCCN1C)[C@@H](C)CC)[C@H](C[C@@H](OC(C)=O)c1nc(C(=O)O)cs1)C(C)C. The molecule has 248 valence electrons. The van der Waals surface area contributed by atoms with E-state index in [0.29, 0.717) is 19.4 Å². The van der Waals surface area contributed by atoms with E-state index in [9.17, 15) is 29.1 Å². The highest BCUT2D eigenvalue weighted by molar-refractivity contribution is 7.09. The molecule has 0 bridgehead atoms. The minimum atomic E-state index is -1.20. The topological polar surface area (TPSA) is 158 Å². The number of carboxylic acids is 1. The maximum Gasteiger partial charge on any atom is 0.355 e. The molecule has 1 aromatic heterocycles. The highest BCUT2D eigenvalue weighted by Gasteiger charge is 2.39. The van der Waals surface area contributed by atoms with Crippen molar-refractivity contribution in [3.8, 4) is 0 Å². The van der Waals surface area contributed by atoms with Crippen molar-refractivity contribution >= 4 is 41.0 Å². The molecule has 5 atom stereocenters. The van der Waals surface area contributed by atoms with Gasteiger partial charge in [-0.3, -0.25) is 24.1 Å². The molecule has 3 N–H and O–H groups in total. The maximum absolute atomic E-state index is 14.5. The quantitative estimate of drug-likeness (QED) is 0.171. The first-order valence-electron chi connectivity index (χ1n) is 15.7. The van der Waals surface area contributed by atoms with Gasteiger partial charge in [0.05, 0.1) is 12.6 Å². The molecule has 3 amide bonds. The smallest absolute Gasteiger partial charge is 0.355 e. The predicted molar refractivity (Wildman–Crippen MR) is 168 cm³/mol. The second-order valence-corrected chi connectivity index (χ2v) is 12.9. The van der Waals surface area contributed by atoms with E-state index in [2.05, 4.69) is 15.6 Å². The number of likely N-dealkylation sites (tertiary alicyclic amines) is 1. The Morgan fingerprint density at radius 2 is 1.89 bits per heavy atom. The Labute approximate surface area is 265 Å². The number of nitrogens with zero attached hydrogens (tertiary/aromatic N) is 3. The van der Waals surface area contributed by atoms with Crippen molar-refractivity contribution in [1.82, 2.24) is 25.4 Å². The number of carboxylic acid groups (broad SMARTS) is 1. The van der Waals surface area contributed by atoms with Crippen LogP contribution >= 0.6 is 11.3 Å². The lowest BCUT2D eigenvalue weighted by Crippen LogP contribution is -2.60. The molecule has 2 rings (SSSR count). The lowest BCUT2D eigenvalue weighted by atomic mass is 9.92. The van der Waals surface area contributed by atoms with Crippen LogP contribution in [0.1, 0.15) is 108 Å². The summed E-state index contributed by atoms with van der Waals surface area (Å²) in [6, 6.07) is -1.82. The van der Waals surface area contributed by atoms with Crippen molar-refractivity contribution in [3.63, 3.8) is 0 Å². The van der Waals surface area contributed by atoms with E-state index in [0.717, 1.165) is 43.6 Å². The summed E-state index contributed by atoms with van der Waals surface area (Å²) in [4.78, 5) is 72.5. The van der Waals surface area contributed by atoms with Crippen LogP contribution in [0.15, 0.2) is 5.38 Å². The molecule has 0 radical (unpaired) electrons. The second kappa shape index (κ2) is 18.0. The average molecular weight is 638 g/mol. The Balaban J connectivity index is 2.49. The molecule has 1 fully saturated rings. The molecule has 1 saturated heterocycles. The van der Waals surface area contributed by atoms with Crippen molar-refractivity contribution < 1.29 is 33.8 Å². The van der Waals surface area contributed by atoms with Crippen LogP contribution in [0.3, 0.4) is 0 Å². The Hall–Kier alpha value is -3.06. The van der Waals surface area contributed by atoms with Gasteiger partial charge in [0.2, 0.25) is 17.7 Å². The molecule has 13 heteroatoms. The van der Waals surface area contributed by atoms with Crippen LogP contribution in [-0.4, -0.2) is 94.4 Å². The van der Waals surface area contributed by atoms with Crippen LogP contribution in [0.4, 0.5) is 0 Å². The molecule has 0 aliphatic carbocycles. The van der Waals surface area contributed by atoms with E-state index in [-0.39, 0.29) is 59.3 Å². The number of esters is 1. The number of likely N-dealkylation sites (N-methyl/N-ethyl adjacent to an activating group) is 1. The first kappa shape index (κ1) is 37.1. The highest BCUT2D eigenvalue weighted by atomic mass is 32.1. The van der Waals surface area contributed by atoms with Crippen LogP contribution in [0.25, 0.3) is 0 Å². The summed E-state index contributed by atoms with van der Waals surface area (Å²) in [7, 11) is 1.91.